The Hall–Kier alpha value is -3.26. The molecule has 1 aromatic carbocycles. The number of hydrogen-bond acceptors (Lipinski definition) is 5. The lowest BCUT2D eigenvalue weighted by atomic mass is 10.0. The lowest BCUT2D eigenvalue weighted by Crippen LogP contribution is -2.51. The fourth-order valence-electron chi connectivity index (χ4n) is 4.61. The van der Waals surface area contributed by atoms with Crippen LogP contribution in [0.1, 0.15) is 40.4 Å². The van der Waals surface area contributed by atoms with Crippen LogP contribution in [0.15, 0.2) is 48.8 Å². The highest BCUT2D eigenvalue weighted by Gasteiger charge is 2.47. The van der Waals surface area contributed by atoms with Gasteiger partial charge in [0.05, 0.1) is 6.54 Å². The normalized spacial score (nSPS) is 20.9. The molecule has 8 heteroatoms. The molecule has 166 valence electrons. The standard InChI is InChI=1S/C24H27N5O3/c30-21(28-12-10-27(11-13-28)16-17-4-3-9-25-14-17)15-26-23(31)22-19-5-1-2-6-20(19)24(32)29(22)18-7-8-18/h1-6,9,14,18,22H,7-8,10-13,15-16H2,(H,26,31). The summed E-state index contributed by atoms with van der Waals surface area (Å²) in [6.07, 6.45) is 5.47. The van der Waals surface area contributed by atoms with E-state index in [0.717, 1.165) is 43.6 Å². The Morgan fingerprint density at radius 2 is 1.81 bits per heavy atom. The zero-order valence-corrected chi connectivity index (χ0v) is 17.9. The van der Waals surface area contributed by atoms with E-state index in [1.54, 1.807) is 22.1 Å². The number of amides is 3. The number of carbonyl (C=O) groups is 3. The maximum atomic E-state index is 13.0. The van der Waals surface area contributed by atoms with Crippen LogP contribution in [0, 0.1) is 0 Å². The molecule has 32 heavy (non-hydrogen) atoms. The quantitative estimate of drug-likeness (QED) is 0.740. The van der Waals surface area contributed by atoms with E-state index in [9.17, 15) is 14.4 Å². The van der Waals surface area contributed by atoms with E-state index >= 15 is 0 Å². The van der Waals surface area contributed by atoms with Crippen LogP contribution in [0.5, 0.6) is 0 Å². The van der Waals surface area contributed by atoms with Crippen LogP contribution in [0.25, 0.3) is 0 Å². The van der Waals surface area contributed by atoms with Crippen molar-refractivity contribution >= 4 is 17.7 Å². The van der Waals surface area contributed by atoms with E-state index in [1.807, 2.05) is 30.5 Å². The van der Waals surface area contributed by atoms with Crippen molar-refractivity contribution in [2.45, 2.75) is 31.5 Å². The molecule has 0 radical (unpaired) electrons. The topological polar surface area (TPSA) is 85.9 Å². The molecule has 2 fully saturated rings. The minimum Gasteiger partial charge on any atom is -0.345 e. The SMILES string of the molecule is O=C(NCC(=O)N1CCN(Cc2cccnc2)CC1)C1c2ccccc2C(=O)N1C1CC1. The van der Waals surface area contributed by atoms with Gasteiger partial charge in [-0.15, -0.1) is 0 Å². The number of fused-ring (bicyclic) bond motifs is 1. The average Bonchev–Trinajstić information content (AvgIpc) is 3.62. The summed E-state index contributed by atoms with van der Waals surface area (Å²) in [7, 11) is 0. The van der Waals surface area contributed by atoms with E-state index in [2.05, 4.69) is 21.3 Å². The van der Waals surface area contributed by atoms with Gasteiger partial charge in [-0.05, 0) is 36.1 Å². The minimum absolute atomic E-state index is 0.0488. The lowest BCUT2D eigenvalue weighted by molar-refractivity contribution is -0.135. The summed E-state index contributed by atoms with van der Waals surface area (Å²) in [4.78, 5) is 48.5. The molecule has 8 nitrogen and oxygen atoms in total. The van der Waals surface area contributed by atoms with Crippen LogP contribution in [0.2, 0.25) is 0 Å². The summed E-state index contributed by atoms with van der Waals surface area (Å²) in [5.41, 5.74) is 2.49. The first-order chi connectivity index (χ1) is 15.6. The maximum Gasteiger partial charge on any atom is 0.255 e. The second-order valence-electron chi connectivity index (χ2n) is 8.67. The van der Waals surface area contributed by atoms with E-state index in [-0.39, 0.29) is 30.3 Å². The molecule has 0 spiro atoms. The summed E-state index contributed by atoms with van der Waals surface area (Å²) in [6, 6.07) is 10.7. The summed E-state index contributed by atoms with van der Waals surface area (Å²) in [5, 5.41) is 2.80. The molecule has 1 saturated heterocycles. The minimum atomic E-state index is -0.643. The molecule has 0 bridgehead atoms. The van der Waals surface area contributed by atoms with Gasteiger partial charge < -0.3 is 15.1 Å². The van der Waals surface area contributed by atoms with E-state index in [1.165, 1.54) is 0 Å². The highest BCUT2D eigenvalue weighted by molar-refractivity contribution is 6.05. The second-order valence-corrected chi connectivity index (χ2v) is 8.67. The number of benzene rings is 1. The predicted molar refractivity (Wildman–Crippen MR) is 117 cm³/mol. The highest BCUT2D eigenvalue weighted by Crippen LogP contribution is 2.41. The predicted octanol–water partition coefficient (Wildman–Crippen LogP) is 1.20. The number of carbonyl (C=O) groups excluding carboxylic acids is 3. The highest BCUT2D eigenvalue weighted by atomic mass is 16.2. The van der Waals surface area contributed by atoms with Gasteiger partial charge in [0.15, 0.2) is 0 Å². The molecule has 1 aromatic heterocycles. The molecule has 1 unspecified atom stereocenters. The van der Waals surface area contributed by atoms with Crippen molar-refractivity contribution in [1.29, 1.82) is 0 Å². The van der Waals surface area contributed by atoms with E-state index in [4.69, 9.17) is 0 Å². The van der Waals surface area contributed by atoms with Crippen molar-refractivity contribution in [1.82, 2.24) is 25.0 Å². The van der Waals surface area contributed by atoms with Gasteiger partial charge in [0, 0.05) is 56.7 Å². The second kappa shape index (κ2) is 8.70. The van der Waals surface area contributed by atoms with Crippen molar-refractivity contribution in [2.24, 2.45) is 0 Å². The Bertz CT molecular complexity index is 1020. The smallest absolute Gasteiger partial charge is 0.255 e. The van der Waals surface area contributed by atoms with Gasteiger partial charge in [-0.3, -0.25) is 24.3 Å². The van der Waals surface area contributed by atoms with Crippen LogP contribution in [0.3, 0.4) is 0 Å². The summed E-state index contributed by atoms with van der Waals surface area (Å²) in [5.74, 6) is -0.451. The van der Waals surface area contributed by atoms with Gasteiger partial charge in [0.25, 0.3) is 5.91 Å². The first-order valence-corrected chi connectivity index (χ1v) is 11.2. The molecule has 2 aromatic rings. The summed E-state index contributed by atoms with van der Waals surface area (Å²) in [6.45, 7) is 3.61. The van der Waals surface area contributed by atoms with Gasteiger partial charge >= 0.3 is 0 Å². The van der Waals surface area contributed by atoms with Crippen LogP contribution in [-0.4, -0.2) is 76.2 Å². The molecule has 3 heterocycles. The number of nitrogens with one attached hydrogen (secondary N) is 1. The van der Waals surface area contributed by atoms with E-state index in [0.29, 0.717) is 18.7 Å². The average molecular weight is 434 g/mol. The molecule has 2 aliphatic heterocycles. The summed E-state index contributed by atoms with van der Waals surface area (Å²) < 4.78 is 0. The molecule has 1 atom stereocenters. The molecule has 3 aliphatic rings. The van der Waals surface area contributed by atoms with Crippen molar-refractivity contribution in [3.63, 3.8) is 0 Å². The Morgan fingerprint density at radius 3 is 2.53 bits per heavy atom. The van der Waals surface area contributed by atoms with Crippen molar-refractivity contribution in [3.05, 3.63) is 65.5 Å². The first-order valence-electron chi connectivity index (χ1n) is 11.2. The van der Waals surface area contributed by atoms with Gasteiger partial charge in [-0.1, -0.05) is 24.3 Å². The van der Waals surface area contributed by atoms with Crippen molar-refractivity contribution in [3.8, 4) is 0 Å². The third kappa shape index (κ3) is 4.10. The van der Waals surface area contributed by atoms with Gasteiger partial charge in [-0.25, -0.2) is 0 Å². The molecule has 1 aliphatic carbocycles. The Labute approximate surface area is 187 Å². The van der Waals surface area contributed by atoms with Crippen LogP contribution >= 0.6 is 0 Å². The van der Waals surface area contributed by atoms with Crippen LogP contribution in [-0.2, 0) is 16.1 Å². The zero-order chi connectivity index (χ0) is 22.1. The van der Waals surface area contributed by atoms with Gasteiger partial charge in [0.1, 0.15) is 6.04 Å². The monoisotopic (exact) mass is 433 g/mol. The van der Waals surface area contributed by atoms with Gasteiger partial charge in [0.2, 0.25) is 11.8 Å². The third-order valence-electron chi connectivity index (χ3n) is 6.45. The third-order valence-corrected chi connectivity index (χ3v) is 6.45. The number of piperazine rings is 1. The molecule has 1 saturated carbocycles. The maximum absolute atomic E-state index is 13.0. The van der Waals surface area contributed by atoms with Crippen LogP contribution in [0.4, 0.5) is 0 Å². The number of nitrogens with zero attached hydrogens (tertiary/aromatic N) is 4. The first kappa shape index (κ1) is 20.6. The number of aromatic nitrogens is 1. The molecule has 5 rings (SSSR count). The zero-order valence-electron chi connectivity index (χ0n) is 17.9. The fourth-order valence-corrected chi connectivity index (χ4v) is 4.61. The number of hydrogen-bond donors (Lipinski definition) is 1. The largest absolute Gasteiger partial charge is 0.345 e. The lowest BCUT2D eigenvalue weighted by Gasteiger charge is -2.35. The van der Waals surface area contributed by atoms with Crippen LogP contribution < -0.4 is 5.32 Å². The fraction of sp³-hybridized carbons (Fsp3) is 0.417. The Morgan fingerprint density at radius 1 is 1.03 bits per heavy atom. The Balaban J connectivity index is 1.15. The number of rotatable bonds is 6. The molecule has 1 N–H and O–H groups in total. The van der Waals surface area contributed by atoms with Crippen molar-refractivity contribution < 1.29 is 14.4 Å². The molecular weight excluding hydrogens is 406 g/mol. The van der Waals surface area contributed by atoms with Crippen molar-refractivity contribution in [2.75, 3.05) is 32.7 Å². The molecule has 3 amide bonds. The molecular formula is C24H27N5O3. The van der Waals surface area contributed by atoms with Gasteiger partial charge in [-0.2, -0.15) is 0 Å². The number of pyridine rings is 1. The Kier molecular flexibility index (Phi) is 5.61. The van der Waals surface area contributed by atoms with E-state index < -0.39 is 6.04 Å². The summed E-state index contributed by atoms with van der Waals surface area (Å²) >= 11 is 0.